The summed E-state index contributed by atoms with van der Waals surface area (Å²) < 4.78 is 13.2. The van der Waals surface area contributed by atoms with Gasteiger partial charge in [-0.1, -0.05) is 12.1 Å². The van der Waals surface area contributed by atoms with Gasteiger partial charge in [0.1, 0.15) is 5.82 Å². The predicted octanol–water partition coefficient (Wildman–Crippen LogP) is 3.69. The third-order valence-electron chi connectivity index (χ3n) is 2.66. The van der Waals surface area contributed by atoms with E-state index in [9.17, 15) is 9.18 Å². The second-order valence-corrected chi connectivity index (χ2v) is 5.09. The maximum atomic E-state index is 13.2. The minimum atomic E-state index is -1.27. The number of hydrogen-bond donors (Lipinski definition) is 1. The van der Waals surface area contributed by atoms with E-state index in [-0.39, 0.29) is 5.56 Å². The first-order valence-corrected chi connectivity index (χ1v) is 6.73. The number of nitriles is 1. The minimum Gasteiger partial charge on any atom is -0.478 e. The molecular weight excluding hydrogens is 277 g/mol. The Morgan fingerprint density at radius 2 is 1.95 bits per heavy atom. The van der Waals surface area contributed by atoms with Gasteiger partial charge in [0.15, 0.2) is 0 Å². The van der Waals surface area contributed by atoms with Crippen LogP contribution in [0.5, 0.6) is 0 Å². The Bertz CT molecular complexity index is 677. The molecule has 0 saturated heterocycles. The lowest BCUT2D eigenvalue weighted by molar-refractivity contribution is 0.0691. The molecule has 0 amide bonds. The van der Waals surface area contributed by atoms with Crippen LogP contribution in [0.25, 0.3) is 0 Å². The highest BCUT2D eigenvalue weighted by Gasteiger charge is 2.10. The molecule has 0 spiro atoms. The van der Waals surface area contributed by atoms with Crippen LogP contribution in [0.4, 0.5) is 4.39 Å². The Balaban J connectivity index is 2.09. The van der Waals surface area contributed by atoms with Crippen LogP contribution in [-0.4, -0.2) is 11.1 Å². The topological polar surface area (TPSA) is 61.1 Å². The first kappa shape index (κ1) is 14.1. The van der Waals surface area contributed by atoms with Gasteiger partial charge in [-0.05, 0) is 35.9 Å². The number of carbonyl (C=O) groups is 1. The Morgan fingerprint density at radius 1 is 1.25 bits per heavy atom. The molecule has 0 saturated carbocycles. The summed E-state index contributed by atoms with van der Waals surface area (Å²) in [5, 5.41) is 17.6. The molecule has 0 aromatic heterocycles. The van der Waals surface area contributed by atoms with E-state index < -0.39 is 11.8 Å². The molecule has 0 aliphatic rings. The fourth-order valence-corrected chi connectivity index (χ4v) is 2.49. The zero-order valence-electron chi connectivity index (χ0n) is 10.3. The molecule has 0 heterocycles. The lowest BCUT2D eigenvalue weighted by Gasteiger charge is -2.04. The highest BCUT2D eigenvalue weighted by atomic mass is 32.2. The van der Waals surface area contributed by atoms with Gasteiger partial charge in [0, 0.05) is 10.6 Å². The van der Waals surface area contributed by atoms with Crippen molar-refractivity contribution in [3.63, 3.8) is 0 Å². The summed E-state index contributed by atoms with van der Waals surface area (Å²) in [6, 6.07) is 13.2. The highest BCUT2D eigenvalue weighted by molar-refractivity contribution is 7.98. The molecule has 0 aliphatic heterocycles. The van der Waals surface area contributed by atoms with Crippen LogP contribution >= 0.6 is 11.8 Å². The maximum Gasteiger partial charge on any atom is 0.338 e. The molecule has 0 atom stereocenters. The Morgan fingerprint density at radius 3 is 2.55 bits per heavy atom. The monoisotopic (exact) mass is 287 g/mol. The van der Waals surface area contributed by atoms with E-state index >= 15 is 0 Å². The molecule has 20 heavy (non-hydrogen) atoms. The van der Waals surface area contributed by atoms with Crippen molar-refractivity contribution in [1.82, 2.24) is 0 Å². The van der Waals surface area contributed by atoms with Crippen LogP contribution < -0.4 is 0 Å². The average molecular weight is 287 g/mol. The molecule has 0 fully saturated rings. The van der Waals surface area contributed by atoms with Crippen molar-refractivity contribution in [1.29, 1.82) is 5.26 Å². The van der Waals surface area contributed by atoms with Crippen molar-refractivity contribution >= 4 is 17.7 Å². The molecule has 2 rings (SSSR count). The van der Waals surface area contributed by atoms with Crippen molar-refractivity contribution < 1.29 is 14.3 Å². The fraction of sp³-hybridized carbons (Fsp3) is 0.0667. The molecule has 5 heteroatoms. The van der Waals surface area contributed by atoms with Crippen LogP contribution in [-0.2, 0) is 5.75 Å². The predicted molar refractivity (Wildman–Crippen MR) is 74.1 cm³/mol. The quantitative estimate of drug-likeness (QED) is 0.871. The standard InChI is InChI=1S/C15H10FNO2S/c16-14-6-5-12(7-13(14)15(18)19)20-9-11-3-1-10(8-17)2-4-11/h1-7H,9H2,(H,18,19). The summed E-state index contributed by atoms with van der Waals surface area (Å²) in [6.07, 6.45) is 0. The van der Waals surface area contributed by atoms with E-state index in [4.69, 9.17) is 10.4 Å². The van der Waals surface area contributed by atoms with E-state index in [0.29, 0.717) is 16.2 Å². The molecule has 0 unspecified atom stereocenters. The van der Waals surface area contributed by atoms with E-state index in [1.807, 2.05) is 18.2 Å². The number of rotatable bonds is 4. The van der Waals surface area contributed by atoms with Gasteiger partial charge < -0.3 is 5.11 Å². The van der Waals surface area contributed by atoms with Crippen molar-refractivity contribution in [3.8, 4) is 6.07 Å². The lowest BCUT2D eigenvalue weighted by atomic mass is 10.2. The Kier molecular flexibility index (Phi) is 4.38. The summed E-state index contributed by atoms with van der Waals surface area (Å²) in [5.41, 5.74) is 1.28. The van der Waals surface area contributed by atoms with Gasteiger partial charge in [0.2, 0.25) is 0 Å². The van der Waals surface area contributed by atoms with Crippen LogP contribution in [0, 0.1) is 17.1 Å². The van der Waals surface area contributed by atoms with E-state index in [1.54, 1.807) is 18.2 Å². The van der Waals surface area contributed by atoms with Gasteiger partial charge in [0.25, 0.3) is 0 Å². The van der Waals surface area contributed by atoms with Crippen molar-refractivity contribution in [2.24, 2.45) is 0 Å². The van der Waals surface area contributed by atoms with E-state index in [2.05, 4.69) is 0 Å². The van der Waals surface area contributed by atoms with Gasteiger partial charge in [-0.15, -0.1) is 11.8 Å². The Hall–Kier alpha value is -2.32. The summed E-state index contributed by atoms with van der Waals surface area (Å²) in [5.74, 6) is -1.39. The van der Waals surface area contributed by atoms with Crippen LogP contribution in [0.15, 0.2) is 47.4 Å². The molecule has 0 radical (unpaired) electrons. The highest BCUT2D eigenvalue weighted by Crippen LogP contribution is 2.25. The molecule has 2 aromatic rings. The van der Waals surface area contributed by atoms with Gasteiger partial charge >= 0.3 is 5.97 Å². The molecule has 0 bridgehead atoms. The van der Waals surface area contributed by atoms with E-state index in [0.717, 1.165) is 11.6 Å². The second kappa shape index (κ2) is 6.22. The lowest BCUT2D eigenvalue weighted by Crippen LogP contribution is -2.00. The number of carboxylic acids is 1. The van der Waals surface area contributed by atoms with Gasteiger partial charge in [-0.3, -0.25) is 0 Å². The number of aromatic carboxylic acids is 1. The van der Waals surface area contributed by atoms with Gasteiger partial charge in [-0.2, -0.15) is 5.26 Å². The minimum absolute atomic E-state index is 0.324. The number of halogens is 1. The first-order valence-electron chi connectivity index (χ1n) is 5.75. The number of thioether (sulfide) groups is 1. The third kappa shape index (κ3) is 3.37. The number of carboxylic acid groups (broad SMARTS) is 1. The molecule has 1 N–H and O–H groups in total. The smallest absolute Gasteiger partial charge is 0.338 e. The molecule has 0 aliphatic carbocycles. The maximum absolute atomic E-state index is 13.2. The first-order chi connectivity index (χ1) is 9.60. The third-order valence-corrected chi connectivity index (χ3v) is 3.72. The van der Waals surface area contributed by atoms with Crippen molar-refractivity contribution in [3.05, 3.63) is 65.0 Å². The second-order valence-electron chi connectivity index (χ2n) is 4.04. The van der Waals surface area contributed by atoms with Crippen LogP contribution in [0.3, 0.4) is 0 Å². The SMILES string of the molecule is N#Cc1ccc(CSc2ccc(F)c(C(=O)O)c2)cc1. The summed E-state index contributed by atoms with van der Waals surface area (Å²) in [4.78, 5) is 11.5. The number of nitrogens with zero attached hydrogens (tertiary/aromatic N) is 1. The van der Waals surface area contributed by atoms with Gasteiger partial charge in [-0.25, -0.2) is 9.18 Å². The number of hydrogen-bond acceptors (Lipinski definition) is 3. The van der Waals surface area contributed by atoms with Crippen molar-refractivity contribution in [2.45, 2.75) is 10.6 Å². The molecule has 3 nitrogen and oxygen atoms in total. The Labute approximate surface area is 119 Å². The van der Waals surface area contributed by atoms with Crippen molar-refractivity contribution in [2.75, 3.05) is 0 Å². The van der Waals surface area contributed by atoms with Crippen LogP contribution in [0.1, 0.15) is 21.5 Å². The molecular formula is C15H10FNO2S. The van der Waals surface area contributed by atoms with E-state index in [1.165, 1.54) is 17.8 Å². The zero-order chi connectivity index (χ0) is 14.5. The normalized spacial score (nSPS) is 10.0. The summed E-state index contributed by atoms with van der Waals surface area (Å²) >= 11 is 1.41. The molecule has 2 aromatic carbocycles. The zero-order valence-corrected chi connectivity index (χ0v) is 11.2. The average Bonchev–Trinajstić information content (AvgIpc) is 2.46. The largest absolute Gasteiger partial charge is 0.478 e. The summed E-state index contributed by atoms with van der Waals surface area (Å²) in [6.45, 7) is 0. The molecule has 100 valence electrons. The number of benzene rings is 2. The summed E-state index contributed by atoms with van der Waals surface area (Å²) in [7, 11) is 0. The fourth-order valence-electron chi connectivity index (χ4n) is 1.60. The van der Waals surface area contributed by atoms with Crippen LogP contribution in [0.2, 0.25) is 0 Å². The van der Waals surface area contributed by atoms with Gasteiger partial charge in [0.05, 0.1) is 17.2 Å².